The summed E-state index contributed by atoms with van der Waals surface area (Å²) in [6, 6.07) is 8.54. The molecule has 1 unspecified atom stereocenters. The van der Waals surface area contributed by atoms with Crippen LogP contribution < -0.4 is 4.90 Å². The van der Waals surface area contributed by atoms with Gasteiger partial charge in [-0.25, -0.2) is 0 Å². The fourth-order valence-corrected chi connectivity index (χ4v) is 5.59. The third-order valence-corrected chi connectivity index (χ3v) is 7.24. The molecular weight excluding hydrogens is 366 g/mol. The van der Waals surface area contributed by atoms with Crippen molar-refractivity contribution >= 4 is 34.5 Å². The van der Waals surface area contributed by atoms with Crippen molar-refractivity contribution in [1.82, 2.24) is 9.80 Å². The molecule has 4 rings (SSSR count). The highest BCUT2D eigenvalue weighted by Gasteiger charge is 2.34. The average Bonchev–Trinajstić information content (AvgIpc) is 3.42. The van der Waals surface area contributed by atoms with E-state index in [9.17, 15) is 9.59 Å². The first-order valence-corrected chi connectivity index (χ1v) is 11.0. The molecule has 0 radical (unpaired) electrons. The highest BCUT2D eigenvalue weighted by Crippen LogP contribution is 2.23. The maximum Gasteiger partial charge on any atom is 0.277 e. The van der Waals surface area contributed by atoms with Gasteiger partial charge in [0.15, 0.2) is 6.54 Å². The predicted molar refractivity (Wildman–Crippen MR) is 104 cm³/mol. The van der Waals surface area contributed by atoms with Crippen molar-refractivity contribution < 1.29 is 14.5 Å². The number of nitrogens with zero attached hydrogens (tertiary/aromatic N) is 2. The Morgan fingerprint density at radius 3 is 2.46 bits per heavy atom. The Labute approximate surface area is 161 Å². The molecule has 7 heteroatoms. The molecule has 2 saturated heterocycles. The van der Waals surface area contributed by atoms with E-state index in [0.29, 0.717) is 38.8 Å². The average molecular weight is 391 g/mol. The lowest BCUT2D eigenvalue weighted by atomic mass is 10.2. The predicted octanol–water partition coefficient (Wildman–Crippen LogP) is 1.51. The molecule has 2 amide bonds. The molecule has 0 aliphatic carbocycles. The van der Waals surface area contributed by atoms with Crippen LogP contribution in [0.15, 0.2) is 35.0 Å². The quantitative estimate of drug-likeness (QED) is 0.860. The van der Waals surface area contributed by atoms with E-state index in [1.165, 1.54) is 34.0 Å². The SMILES string of the molecule is O=C(C[NH+]1CCC[C@H]1c1cccs1)N1CCN(C(=O)c2cccs2)CC1. The standard InChI is InChI=1S/C19H23N3O2S2/c23-18(14-22-7-1-4-15(22)16-5-2-12-25-16)20-8-10-21(11-9-20)19(24)17-6-3-13-26-17/h2-3,5-6,12-13,15H,1,4,7-11,14H2/p+1/t15-/m0/s1. The summed E-state index contributed by atoms with van der Waals surface area (Å²) in [5.74, 6) is 0.321. The first-order chi connectivity index (χ1) is 12.7. The summed E-state index contributed by atoms with van der Waals surface area (Å²) in [4.78, 5) is 32.6. The summed E-state index contributed by atoms with van der Waals surface area (Å²) in [6.07, 6.45) is 2.36. The molecule has 1 N–H and O–H groups in total. The fraction of sp³-hybridized carbons (Fsp3) is 0.474. The van der Waals surface area contributed by atoms with Crippen LogP contribution in [-0.2, 0) is 4.79 Å². The number of quaternary nitrogens is 1. The topological polar surface area (TPSA) is 45.1 Å². The highest BCUT2D eigenvalue weighted by atomic mass is 32.1. The van der Waals surface area contributed by atoms with Gasteiger partial charge in [0.25, 0.3) is 11.8 Å². The number of rotatable bonds is 4. The van der Waals surface area contributed by atoms with Crippen LogP contribution in [-0.4, -0.2) is 60.9 Å². The molecular formula is C19H24N3O2S2+. The molecule has 2 aromatic rings. The van der Waals surface area contributed by atoms with E-state index in [1.807, 2.05) is 27.3 Å². The maximum absolute atomic E-state index is 12.8. The fourth-order valence-electron chi connectivity index (χ4n) is 3.98. The molecule has 5 nitrogen and oxygen atoms in total. The number of hydrogen-bond acceptors (Lipinski definition) is 4. The Morgan fingerprint density at radius 2 is 1.77 bits per heavy atom. The molecule has 2 aromatic heterocycles. The van der Waals surface area contributed by atoms with Gasteiger partial charge in [-0.1, -0.05) is 12.1 Å². The number of carbonyl (C=O) groups is 2. The number of thiophene rings is 2. The summed E-state index contributed by atoms with van der Waals surface area (Å²) in [5, 5.41) is 4.05. The minimum atomic E-state index is 0.0926. The Morgan fingerprint density at radius 1 is 1.04 bits per heavy atom. The van der Waals surface area contributed by atoms with Gasteiger partial charge in [0, 0.05) is 39.0 Å². The number of likely N-dealkylation sites (tertiary alicyclic amines) is 1. The van der Waals surface area contributed by atoms with E-state index in [1.54, 1.807) is 11.3 Å². The minimum Gasteiger partial charge on any atom is -0.334 e. The molecule has 138 valence electrons. The van der Waals surface area contributed by atoms with Gasteiger partial charge in [-0.05, 0) is 22.9 Å². The van der Waals surface area contributed by atoms with Crippen LogP contribution in [0.2, 0.25) is 0 Å². The van der Waals surface area contributed by atoms with Crippen molar-refractivity contribution in [2.75, 3.05) is 39.3 Å². The van der Waals surface area contributed by atoms with Gasteiger partial charge in [-0.3, -0.25) is 9.59 Å². The molecule has 2 aliphatic rings. The van der Waals surface area contributed by atoms with Crippen LogP contribution >= 0.6 is 22.7 Å². The van der Waals surface area contributed by atoms with Crippen LogP contribution in [0.25, 0.3) is 0 Å². The third kappa shape index (κ3) is 3.70. The van der Waals surface area contributed by atoms with Gasteiger partial charge in [0.2, 0.25) is 0 Å². The summed E-state index contributed by atoms with van der Waals surface area (Å²) >= 11 is 3.28. The van der Waals surface area contributed by atoms with Gasteiger partial charge in [-0.15, -0.1) is 22.7 Å². The van der Waals surface area contributed by atoms with Crippen molar-refractivity contribution in [3.05, 3.63) is 44.8 Å². The van der Waals surface area contributed by atoms with Gasteiger partial charge in [0.1, 0.15) is 6.04 Å². The van der Waals surface area contributed by atoms with Crippen molar-refractivity contribution in [3.8, 4) is 0 Å². The lowest BCUT2D eigenvalue weighted by Crippen LogP contribution is -3.11. The molecule has 2 atom stereocenters. The number of carbonyl (C=O) groups excluding carboxylic acids is 2. The zero-order chi connectivity index (χ0) is 17.9. The van der Waals surface area contributed by atoms with Crippen molar-refractivity contribution in [2.24, 2.45) is 0 Å². The van der Waals surface area contributed by atoms with Crippen molar-refractivity contribution in [1.29, 1.82) is 0 Å². The Kier molecular flexibility index (Phi) is 5.38. The van der Waals surface area contributed by atoms with Crippen LogP contribution in [0.4, 0.5) is 0 Å². The van der Waals surface area contributed by atoms with Crippen LogP contribution in [0, 0.1) is 0 Å². The van der Waals surface area contributed by atoms with E-state index in [4.69, 9.17) is 0 Å². The maximum atomic E-state index is 12.8. The zero-order valence-electron chi connectivity index (χ0n) is 14.7. The van der Waals surface area contributed by atoms with E-state index < -0.39 is 0 Å². The molecule has 4 heterocycles. The summed E-state index contributed by atoms with van der Waals surface area (Å²) < 4.78 is 0. The highest BCUT2D eigenvalue weighted by molar-refractivity contribution is 7.12. The largest absolute Gasteiger partial charge is 0.334 e. The second kappa shape index (κ2) is 7.90. The van der Waals surface area contributed by atoms with Crippen molar-refractivity contribution in [2.45, 2.75) is 18.9 Å². The Bertz CT molecular complexity index is 737. The van der Waals surface area contributed by atoms with E-state index >= 15 is 0 Å². The van der Waals surface area contributed by atoms with Gasteiger partial charge in [0.05, 0.1) is 16.3 Å². The van der Waals surface area contributed by atoms with Crippen LogP contribution in [0.1, 0.15) is 33.4 Å². The van der Waals surface area contributed by atoms with Crippen LogP contribution in [0.5, 0.6) is 0 Å². The van der Waals surface area contributed by atoms with E-state index in [-0.39, 0.29) is 11.8 Å². The van der Waals surface area contributed by atoms with Gasteiger partial charge >= 0.3 is 0 Å². The third-order valence-electron chi connectivity index (χ3n) is 5.40. The number of amides is 2. The molecule has 0 spiro atoms. The van der Waals surface area contributed by atoms with Crippen molar-refractivity contribution in [3.63, 3.8) is 0 Å². The van der Waals surface area contributed by atoms with Gasteiger partial charge < -0.3 is 14.7 Å². The zero-order valence-corrected chi connectivity index (χ0v) is 16.4. The normalized spacial score (nSPS) is 23.4. The lowest BCUT2D eigenvalue weighted by Gasteiger charge is -2.35. The Balaban J connectivity index is 1.30. The first-order valence-electron chi connectivity index (χ1n) is 9.21. The van der Waals surface area contributed by atoms with E-state index in [2.05, 4.69) is 17.5 Å². The molecule has 2 fully saturated rings. The molecule has 0 aromatic carbocycles. The molecule has 26 heavy (non-hydrogen) atoms. The number of nitrogens with one attached hydrogen (secondary N) is 1. The summed E-state index contributed by atoms with van der Waals surface area (Å²) in [7, 11) is 0. The van der Waals surface area contributed by atoms with E-state index in [0.717, 1.165) is 11.4 Å². The first kappa shape index (κ1) is 17.7. The second-order valence-electron chi connectivity index (χ2n) is 6.95. The van der Waals surface area contributed by atoms with Crippen LogP contribution in [0.3, 0.4) is 0 Å². The molecule has 0 bridgehead atoms. The summed E-state index contributed by atoms with van der Waals surface area (Å²) in [6.45, 7) is 4.20. The molecule has 2 aliphatic heterocycles. The summed E-state index contributed by atoms with van der Waals surface area (Å²) in [5.41, 5.74) is 0. The Hall–Kier alpha value is -1.70. The smallest absolute Gasteiger partial charge is 0.277 e. The minimum absolute atomic E-state index is 0.0926. The molecule has 0 saturated carbocycles. The lowest BCUT2D eigenvalue weighted by molar-refractivity contribution is -0.910. The monoisotopic (exact) mass is 390 g/mol. The number of hydrogen-bond donors (Lipinski definition) is 1. The second-order valence-corrected chi connectivity index (χ2v) is 8.87. The number of piperazine rings is 1. The van der Waals surface area contributed by atoms with Gasteiger partial charge in [-0.2, -0.15) is 0 Å².